The minimum Gasteiger partial charge on any atom is -0.493 e. The van der Waals surface area contributed by atoms with Gasteiger partial charge in [0, 0.05) is 6.54 Å². The fourth-order valence-electron chi connectivity index (χ4n) is 2.51. The summed E-state index contributed by atoms with van der Waals surface area (Å²) in [7, 11) is 3.36. The molecule has 0 unspecified atom stereocenters. The Morgan fingerprint density at radius 3 is 2.32 bits per heavy atom. The van der Waals surface area contributed by atoms with Crippen LogP contribution in [0, 0.1) is 0 Å². The summed E-state index contributed by atoms with van der Waals surface area (Å²) in [5.74, 6) is 1.63. The molecule has 19 heavy (non-hydrogen) atoms. The molecular formula is C15H24ClNO2. The molecular weight excluding hydrogens is 262 g/mol. The van der Waals surface area contributed by atoms with Crippen molar-refractivity contribution in [3.05, 3.63) is 23.8 Å². The molecule has 3 nitrogen and oxygen atoms in total. The topological polar surface area (TPSA) is 21.7 Å². The lowest BCUT2D eigenvalue weighted by molar-refractivity contribution is 0.231. The first-order valence-electron chi connectivity index (χ1n) is 6.77. The van der Waals surface area contributed by atoms with Crippen molar-refractivity contribution < 1.29 is 9.47 Å². The summed E-state index contributed by atoms with van der Waals surface area (Å²) >= 11 is 0. The van der Waals surface area contributed by atoms with Gasteiger partial charge in [-0.25, -0.2) is 0 Å². The minimum atomic E-state index is 0. The van der Waals surface area contributed by atoms with Gasteiger partial charge in [-0.15, -0.1) is 12.4 Å². The van der Waals surface area contributed by atoms with Gasteiger partial charge in [-0.05, 0) is 50.0 Å². The molecule has 1 saturated heterocycles. The van der Waals surface area contributed by atoms with Crippen molar-refractivity contribution >= 4 is 12.4 Å². The van der Waals surface area contributed by atoms with E-state index in [-0.39, 0.29) is 12.4 Å². The Kier molecular flexibility index (Phi) is 7.03. The highest BCUT2D eigenvalue weighted by Crippen LogP contribution is 2.27. The molecule has 1 aliphatic heterocycles. The zero-order valence-corrected chi connectivity index (χ0v) is 12.7. The highest BCUT2D eigenvalue weighted by molar-refractivity contribution is 5.85. The maximum Gasteiger partial charge on any atom is 0.160 e. The van der Waals surface area contributed by atoms with Crippen LogP contribution in [-0.4, -0.2) is 38.8 Å². The summed E-state index contributed by atoms with van der Waals surface area (Å²) in [6.07, 6.45) is 5.19. The Balaban J connectivity index is 0.00000180. The molecule has 0 aliphatic carbocycles. The van der Waals surface area contributed by atoms with Crippen LogP contribution < -0.4 is 9.47 Å². The number of benzene rings is 1. The van der Waals surface area contributed by atoms with E-state index in [1.165, 1.54) is 37.9 Å². The maximum atomic E-state index is 5.33. The first-order chi connectivity index (χ1) is 8.83. The number of methoxy groups -OCH3 is 2. The molecule has 1 fully saturated rings. The number of piperidine rings is 1. The van der Waals surface area contributed by atoms with Crippen LogP contribution in [0.2, 0.25) is 0 Å². The molecule has 1 aliphatic rings. The third-order valence-corrected chi connectivity index (χ3v) is 3.61. The SMILES string of the molecule is COc1ccc(CCN2CCCCC2)cc1OC.Cl. The van der Waals surface area contributed by atoms with Crippen LogP contribution in [-0.2, 0) is 6.42 Å². The normalized spacial score (nSPS) is 15.7. The average Bonchev–Trinajstić information content (AvgIpc) is 2.45. The van der Waals surface area contributed by atoms with Crippen molar-refractivity contribution in [1.82, 2.24) is 4.90 Å². The molecule has 1 heterocycles. The van der Waals surface area contributed by atoms with Crippen LogP contribution >= 0.6 is 12.4 Å². The summed E-state index contributed by atoms with van der Waals surface area (Å²) in [5.41, 5.74) is 1.32. The van der Waals surface area contributed by atoms with E-state index in [0.29, 0.717) is 0 Å². The summed E-state index contributed by atoms with van der Waals surface area (Å²) < 4.78 is 10.6. The van der Waals surface area contributed by atoms with E-state index in [2.05, 4.69) is 17.0 Å². The zero-order valence-electron chi connectivity index (χ0n) is 11.9. The standard InChI is InChI=1S/C15H23NO2.ClH/c1-17-14-7-6-13(12-15(14)18-2)8-11-16-9-4-3-5-10-16;/h6-7,12H,3-5,8-11H2,1-2H3;1H. The fraction of sp³-hybridized carbons (Fsp3) is 0.600. The third kappa shape index (κ3) is 4.59. The Bertz CT molecular complexity index is 378. The van der Waals surface area contributed by atoms with Crippen LogP contribution in [0.15, 0.2) is 18.2 Å². The molecule has 2 rings (SSSR count). The van der Waals surface area contributed by atoms with E-state index < -0.39 is 0 Å². The van der Waals surface area contributed by atoms with Gasteiger partial charge in [0.25, 0.3) is 0 Å². The largest absolute Gasteiger partial charge is 0.493 e. The maximum absolute atomic E-state index is 5.33. The molecule has 0 bridgehead atoms. The molecule has 0 N–H and O–H groups in total. The third-order valence-electron chi connectivity index (χ3n) is 3.61. The van der Waals surface area contributed by atoms with E-state index in [9.17, 15) is 0 Å². The molecule has 0 saturated carbocycles. The van der Waals surface area contributed by atoms with Crippen LogP contribution in [0.1, 0.15) is 24.8 Å². The van der Waals surface area contributed by atoms with Gasteiger partial charge >= 0.3 is 0 Å². The molecule has 108 valence electrons. The van der Waals surface area contributed by atoms with Gasteiger partial charge in [0.15, 0.2) is 11.5 Å². The molecule has 0 atom stereocenters. The van der Waals surface area contributed by atoms with Crippen molar-refractivity contribution in [2.45, 2.75) is 25.7 Å². The predicted molar refractivity (Wildman–Crippen MR) is 80.8 cm³/mol. The van der Waals surface area contributed by atoms with Crippen molar-refractivity contribution in [2.24, 2.45) is 0 Å². The number of hydrogen-bond donors (Lipinski definition) is 0. The Labute approximate surface area is 122 Å². The van der Waals surface area contributed by atoms with Crippen molar-refractivity contribution in [3.63, 3.8) is 0 Å². The lowest BCUT2D eigenvalue weighted by atomic mass is 10.1. The summed E-state index contributed by atoms with van der Waals surface area (Å²) in [6, 6.07) is 6.21. The highest BCUT2D eigenvalue weighted by Gasteiger charge is 2.10. The van der Waals surface area contributed by atoms with Crippen LogP contribution in [0.4, 0.5) is 0 Å². The molecule has 0 radical (unpaired) electrons. The van der Waals surface area contributed by atoms with Crippen LogP contribution in [0.25, 0.3) is 0 Å². The monoisotopic (exact) mass is 285 g/mol. The van der Waals surface area contributed by atoms with Gasteiger partial charge in [-0.1, -0.05) is 12.5 Å². The Morgan fingerprint density at radius 1 is 1.00 bits per heavy atom. The predicted octanol–water partition coefficient (Wildman–Crippen LogP) is 3.15. The van der Waals surface area contributed by atoms with Gasteiger partial charge in [0.1, 0.15) is 0 Å². The highest BCUT2D eigenvalue weighted by atomic mass is 35.5. The van der Waals surface area contributed by atoms with Crippen LogP contribution in [0.3, 0.4) is 0 Å². The average molecular weight is 286 g/mol. The van der Waals surface area contributed by atoms with Gasteiger partial charge in [0.05, 0.1) is 14.2 Å². The van der Waals surface area contributed by atoms with Crippen LogP contribution in [0.5, 0.6) is 11.5 Å². The fourth-order valence-corrected chi connectivity index (χ4v) is 2.51. The second kappa shape index (κ2) is 8.28. The van der Waals surface area contributed by atoms with Gasteiger partial charge in [0.2, 0.25) is 0 Å². The first-order valence-corrected chi connectivity index (χ1v) is 6.77. The molecule has 1 aromatic carbocycles. The molecule has 1 aromatic rings. The number of halogens is 1. The first kappa shape index (κ1) is 16.1. The van der Waals surface area contributed by atoms with Gasteiger partial charge in [-0.3, -0.25) is 0 Å². The Morgan fingerprint density at radius 2 is 1.68 bits per heavy atom. The molecule has 0 aromatic heterocycles. The lowest BCUT2D eigenvalue weighted by Crippen LogP contribution is -2.31. The lowest BCUT2D eigenvalue weighted by Gasteiger charge is -2.26. The second-order valence-corrected chi connectivity index (χ2v) is 4.84. The summed E-state index contributed by atoms with van der Waals surface area (Å²) in [5, 5.41) is 0. The van der Waals surface area contributed by atoms with Crippen molar-refractivity contribution in [1.29, 1.82) is 0 Å². The van der Waals surface area contributed by atoms with E-state index >= 15 is 0 Å². The summed E-state index contributed by atoms with van der Waals surface area (Å²) in [6.45, 7) is 3.66. The number of ether oxygens (including phenoxy) is 2. The molecule has 0 amide bonds. The number of rotatable bonds is 5. The number of nitrogens with zero attached hydrogens (tertiary/aromatic N) is 1. The molecule has 0 spiro atoms. The second-order valence-electron chi connectivity index (χ2n) is 4.84. The number of likely N-dealkylation sites (tertiary alicyclic amines) is 1. The van der Waals surface area contributed by atoms with E-state index in [4.69, 9.17) is 9.47 Å². The minimum absolute atomic E-state index is 0. The van der Waals surface area contributed by atoms with E-state index in [1.807, 2.05) is 6.07 Å². The molecule has 4 heteroatoms. The van der Waals surface area contributed by atoms with Gasteiger partial charge in [-0.2, -0.15) is 0 Å². The van der Waals surface area contributed by atoms with E-state index in [1.54, 1.807) is 14.2 Å². The van der Waals surface area contributed by atoms with Crippen molar-refractivity contribution in [2.75, 3.05) is 33.9 Å². The number of hydrogen-bond acceptors (Lipinski definition) is 3. The van der Waals surface area contributed by atoms with Gasteiger partial charge < -0.3 is 14.4 Å². The summed E-state index contributed by atoms with van der Waals surface area (Å²) in [4.78, 5) is 2.56. The zero-order chi connectivity index (χ0) is 12.8. The quantitative estimate of drug-likeness (QED) is 0.829. The van der Waals surface area contributed by atoms with Crippen molar-refractivity contribution in [3.8, 4) is 11.5 Å². The Hall–Kier alpha value is -0.930. The smallest absolute Gasteiger partial charge is 0.160 e. The van der Waals surface area contributed by atoms with E-state index in [0.717, 1.165) is 24.5 Å².